The fourth-order valence-electron chi connectivity index (χ4n) is 4.81. The van der Waals surface area contributed by atoms with Crippen molar-refractivity contribution in [3.63, 3.8) is 0 Å². The van der Waals surface area contributed by atoms with Gasteiger partial charge in [0.15, 0.2) is 0 Å². The molecule has 0 radical (unpaired) electrons. The number of methoxy groups -OCH3 is 1. The zero-order chi connectivity index (χ0) is 22.9. The number of ether oxygens (including phenoxy) is 2. The van der Waals surface area contributed by atoms with Gasteiger partial charge in [0.05, 0.1) is 24.3 Å². The van der Waals surface area contributed by atoms with Crippen molar-refractivity contribution in [2.45, 2.75) is 52.2 Å². The number of hydrogen-bond donors (Lipinski definition) is 0. The summed E-state index contributed by atoms with van der Waals surface area (Å²) in [6.45, 7) is 10.6. The zero-order valence-electron chi connectivity index (χ0n) is 19.6. The topological polar surface area (TPSA) is 76.9 Å². The minimum absolute atomic E-state index is 0.0233. The Morgan fingerprint density at radius 1 is 1.12 bits per heavy atom. The molecule has 0 unspecified atom stereocenters. The number of rotatable bonds is 4. The maximum Gasteiger partial charge on any atom is 0.410 e. The van der Waals surface area contributed by atoms with Crippen LogP contribution in [0.25, 0.3) is 11.0 Å². The first kappa shape index (κ1) is 22.6. The molecule has 2 saturated heterocycles. The molecule has 2 aromatic heterocycles. The minimum Gasteiger partial charge on any atom is -0.495 e. The van der Waals surface area contributed by atoms with Crippen molar-refractivity contribution in [3.8, 4) is 5.75 Å². The molecule has 0 saturated carbocycles. The molecule has 0 bridgehead atoms. The third-order valence-electron chi connectivity index (χ3n) is 6.70. The van der Waals surface area contributed by atoms with Crippen molar-refractivity contribution in [2.75, 3.05) is 39.8 Å². The van der Waals surface area contributed by atoms with Gasteiger partial charge in [0.1, 0.15) is 11.4 Å². The highest BCUT2D eigenvalue weighted by Gasteiger charge is 2.42. The van der Waals surface area contributed by atoms with Crippen LogP contribution < -0.4 is 10.3 Å². The summed E-state index contributed by atoms with van der Waals surface area (Å²) in [5.74, 6) is 0.646. The quantitative estimate of drug-likeness (QED) is 0.724. The lowest BCUT2D eigenvalue weighted by molar-refractivity contribution is 0.0247. The highest BCUT2D eigenvalue weighted by molar-refractivity contribution is 5.75. The van der Waals surface area contributed by atoms with Crippen molar-refractivity contribution < 1.29 is 14.3 Å². The van der Waals surface area contributed by atoms with Gasteiger partial charge in [0.2, 0.25) is 0 Å². The van der Waals surface area contributed by atoms with Gasteiger partial charge in [-0.15, -0.1) is 0 Å². The van der Waals surface area contributed by atoms with E-state index in [-0.39, 0.29) is 17.1 Å². The van der Waals surface area contributed by atoms with Crippen LogP contribution in [0.15, 0.2) is 29.2 Å². The van der Waals surface area contributed by atoms with Crippen LogP contribution >= 0.6 is 0 Å². The number of likely N-dealkylation sites (tertiary alicyclic amines) is 2. The lowest BCUT2D eigenvalue weighted by atomic mass is 9.78. The van der Waals surface area contributed by atoms with Gasteiger partial charge in [0.25, 0.3) is 5.56 Å². The Hall–Kier alpha value is -2.61. The lowest BCUT2D eigenvalue weighted by Crippen LogP contribution is -2.44. The molecule has 0 atom stereocenters. The number of piperidine rings is 1. The molecule has 1 amide bonds. The number of carbonyl (C=O) groups excluding carboxylic acids is 1. The average Bonchev–Trinajstić information content (AvgIpc) is 3.16. The van der Waals surface area contributed by atoms with Crippen molar-refractivity contribution in [1.29, 1.82) is 0 Å². The van der Waals surface area contributed by atoms with Gasteiger partial charge in [-0.05, 0) is 64.6 Å². The van der Waals surface area contributed by atoms with Crippen LogP contribution in [0.2, 0.25) is 0 Å². The first-order valence-electron chi connectivity index (χ1n) is 11.4. The van der Waals surface area contributed by atoms with Gasteiger partial charge in [0, 0.05) is 38.3 Å². The summed E-state index contributed by atoms with van der Waals surface area (Å²) >= 11 is 0. The molecule has 8 heteroatoms. The molecule has 0 N–H and O–H groups in total. The number of nitrogens with zero attached hydrogens (tertiary/aromatic N) is 4. The zero-order valence-corrected chi connectivity index (χ0v) is 19.6. The van der Waals surface area contributed by atoms with Gasteiger partial charge >= 0.3 is 6.09 Å². The largest absolute Gasteiger partial charge is 0.495 e. The van der Waals surface area contributed by atoms with Gasteiger partial charge in [-0.2, -0.15) is 0 Å². The monoisotopic (exact) mass is 442 g/mol. The Morgan fingerprint density at radius 2 is 1.84 bits per heavy atom. The Kier molecular flexibility index (Phi) is 6.16. The minimum atomic E-state index is -0.463. The van der Waals surface area contributed by atoms with Crippen LogP contribution in [-0.4, -0.2) is 70.9 Å². The van der Waals surface area contributed by atoms with Crippen LogP contribution in [0.3, 0.4) is 0 Å². The van der Waals surface area contributed by atoms with E-state index in [0.29, 0.717) is 12.3 Å². The Bertz CT molecular complexity index is 1030. The average molecular weight is 443 g/mol. The van der Waals surface area contributed by atoms with Gasteiger partial charge < -0.3 is 23.8 Å². The van der Waals surface area contributed by atoms with Crippen molar-refractivity contribution >= 4 is 17.1 Å². The second-order valence-electron chi connectivity index (χ2n) is 10.1. The van der Waals surface area contributed by atoms with E-state index in [1.165, 1.54) is 0 Å². The highest BCUT2D eigenvalue weighted by Crippen LogP contribution is 2.40. The molecule has 2 aliphatic rings. The van der Waals surface area contributed by atoms with Crippen LogP contribution in [0.1, 0.15) is 40.0 Å². The smallest absolute Gasteiger partial charge is 0.410 e. The van der Waals surface area contributed by atoms with Crippen molar-refractivity contribution in [2.24, 2.45) is 5.41 Å². The molecule has 174 valence electrons. The molecular formula is C24H34N4O4. The van der Waals surface area contributed by atoms with E-state index in [4.69, 9.17) is 9.47 Å². The van der Waals surface area contributed by atoms with Gasteiger partial charge in [-0.1, -0.05) is 0 Å². The number of pyridine rings is 2. The van der Waals surface area contributed by atoms with E-state index in [0.717, 1.165) is 63.0 Å². The molecule has 2 aromatic rings. The summed E-state index contributed by atoms with van der Waals surface area (Å²) in [6.07, 6.45) is 4.63. The normalized spacial score (nSPS) is 18.9. The van der Waals surface area contributed by atoms with E-state index in [1.807, 2.05) is 31.7 Å². The van der Waals surface area contributed by atoms with Gasteiger partial charge in [-0.3, -0.25) is 9.78 Å². The second kappa shape index (κ2) is 8.73. The van der Waals surface area contributed by atoms with Crippen LogP contribution in [0, 0.1) is 5.41 Å². The molecule has 0 aliphatic carbocycles. The summed E-state index contributed by atoms with van der Waals surface area (Å²) < 4.78 is 12.6. The molecule has 0 aromatic carbocycles. The molecule has 2 aliphatic heterocycles. The summed E-state index contributed by atoms with van der Waals surface area (Å²) in [5.41, 5.74) is 1.30. The molecule has 1 spiro atoms. The highest BCUT2D eigenvalue weighted by atomic mass is 16.6. The van der Waals surface area contributed by atoms with E-state index in [2.05, 4.69) is 9.88 Å². The fourth-order valence-corrected chi connectivity index (χ4v) is 4.81. The molecule has 2 fully saturated rings. The Labute approximate surface area is 189 Å². The number of hydrogen-bond acceptors (Lipinski definition) is 6. The number of carbonyl (C=O) groups is 1. The molecule has 4 rings (SSSR count). The summed E-state index contributed by atoms with van der Waals surface area (Å²) in [4.78, 5) is 33.7. The molecule has 4 heterocycles. The third kappa shape index (κ3) is 4.90. The summed E-state index contributed by atoms with van der Waals surface area (Å²) in [5, 5.41) is 0. The van der Waals surface area contributed by atoms with E-state index in [9.17, 15) is 9.59 Å². The summed E-state index contributed by atoms with van der Waals surface area (Å²) in [6, 6.07) is 5.21. The first-order chi connectivity index (χ1) is 15.2. The van der Waals surface area contributed by atoms with Crippen LogP contribution in [0.5, 0.6) is 5.75 Å². The standard InChI is InChI=1S/C24H34N4O4/c1-23(2,3)32-22(30)27-12-9-24(17-27)7-10-26(11-8-24)13-14-28-20-15-18(31-4)16-25-19(20)5-6-21(28)29/h5-6,15-16H,7-14,17H2,1-4H3. The molecular weight excluding hydrogens is 408 g/mol. The predicted octanol–water partition coefficient (Wildman–Crippen LogP) is 3.13. The van der Waals surface area contributed by atoms with E-state index in [1.54, 1.807) is 30.0 Å². The maximum atomic E-state index is 12.5. The number of fused-ring (bicyclic) bond motifs is 1. The van der Waals surface area contributed by atoms with Crippen molar-refractivity contribution in [3.05, 3.63) is 34.7 Å². The molecule has 32 heavy (non-hydrogen) atoms. The summed E-state index contributed by atoms with van der Waals surface area (Å²) in [7, 11) is 1.60. The number of amides is 1. The van der Waals surface area contributed by atoms with E-state index >= 15 is 0 Å². The SMILES string of the molecule is COc1cnc2ccc(=O)n(CCN3CCC4(CC3)CCN(C(=O)OC(C)(C)C)C4)c2c1. The fraction of sp³-hybridized carbons (Fsp3) is 0.625. The first-order valence-corrected chi connectivity index (χ1v) is 11.4. The maximum absolute atomic E-state index is 12.5. The van der Waals surface area contributed by atoms with Crippen LogP contribution in [0.4, 0.5) is 4.79 Å². The second-order valence-corrected chi connectivity index (χ2v) is 10.1. The van der Waals surface area contributed by atoms with Gasteiger partial charge in [-0.25, -0.2) is 4.79 Å². The number of aromatic nitrogens is 2. The van der Waals surface area contributed by atoms with Crippen LogP contribution in [-0.2, 0) is 11.3 Å². The Balaban J connectivity index is 1.35. The lowest BCUT2D eigenvalue weighted by Gasteiger charge is -2.39. The van der Waals surface area contributed by atoms with E-state index < -0.39 is 5.60 Å². The predicted molar refractivity (Wildman–Crippen MR) is 123 cm³/mol. The third-order valence-corrected chi connectivity index (χ3v) is 6.70. The Morgan fingerprint density at radius 3 is 2.53 bits per heavy atom. The van der Waals surface area contributed by atoms with Crippen molar-refractivity contribution in [1.82, 2.24) is 19.4 Å². The molecule has 8 nitrogen and oxygen atoms in total.